The van der Waals surface area contributed by atoms with Crippen LogP contribution in [0.3, 0.4) is 0 Å². The van der Waals surface area contributed by atoms with Crippen molar-refractivity contribution in [2.75, 3.05) is 39.3 Å². The van der Waals surface area contributed by atoms with Gasteiger partial charge in [-0.1, -0.05) is 12.1 Å². The molecular formula is C19H27N5O2. The molecule has 1 aromatic heterocycles. The number of aliphatic hydroxyl groups excluding tert-OH is 1. The molecule has 26 heavy (non-hydrogen) atoms. The third kappa shape index (κ3) is 3.88. The summed E-state index contributed by atoms with van der Waals surface area (Å²) in [6, 6.07) is 7.64. The summed E-state index contributed by atoms with van der Waals surface area (Å²) in [7, 11) is 0. The predicted octanol–water partition coefficient (Wildman–Crippen LogP) is 0.984. The molecule has 0 bridgehead atoms. The van der Waals surface area contributed by atoms with Crippen LogP contribution in [0, 0.1) is 11.8 Å². The molecule has 0 radical (unpaired) electrons. The standard InChI is InChI=1S/C19H27N5O2/c25-14-16-9-15(10-22-7-3-4-8-22)11-23(12-16)19(26)13-24-20-17-5-1-2-6-18(17)21-24/h1-2,5-6,15-16,25H,3-4,7-14H2/t15-,16-/m1/s1. The summed E-state index contributed by atoms with van der Waals surface area (Å²) < 4.78 is 0. The molecular weight excluding hydrogens is 330 g/mol. The van der Waals surface area contributed by atoms with Crippen molar-refractivity contribution in [2.24, 2.45) is 11.8 Å². The van der Waals surface area contributed by atoms with Gasteiger partial charge in [-0.25, -0.2) is 0 Å². The lowest BCUT2D eigenvalue weighted by atomic mass is 9.89. The van der Waals surface area contributed by atoms with Crippen LogP contribution in [-0.4, -0.2) is 75.1 Å². The number of aliphatic hydroxyl groups is 1. The molecule has 140 valence electrons. The highest BCUT2D eigenvalue weighted by Gasteiger charge is 2.31. The highest BCUT2D eigenvalue weighted by Crippen LogP contribution is 2.24. The van der Waals surface area contributed by atoms with Crippen LogP contribution in [0.1, 0.15) is 19.3 Å². The second kappa shape index (κ2) is 7.72. The zero-order chi connectivity index (χ0) is 17.9. The Morgan fingerprint density at radius 2 is 1.73 bits per heavy atom. The fraction of sp³-hybridized carbons (Fsp3) is 0.632. The number of amides is 1. The number of carbonyl (C=O) groups is 1. The van der Waals surface area contributed by atoms with Crippen LogP contribution in [0.15, 0.2) is 24.3 Å². The van der Waals surface area contributed by atoms with Crippen molar-refractivity contribution in [1.29, 1.82) is 0 Å². The lowest BCUT2D eigenvalue weighted by molar-refractivity contribution is -0.135. The van der Waals surface area contributed by atoms with Gasteiger partial charge in [0.2, 0.25) is 5.91 Å². The molecule has 2 aliphatic heterocycles. The topological polar surface area (TPSA) is 74.5 Å². The van der Waals surface area contributed by atoms with Gasteiger partial charge in [-0.05, 0) is 56.3 Å². The molecule has 1 amide bonds. The number of hydrogen-bond acceptors (Lipinski definition) is 5. The smallest absolute Gasteiger partial charge is 0.246 e. The lowest BCUT2D eigenvalue weighted by Crippen LogP contribution is -2.48. The van der Waals surface area contributed by atoms with Crippen molar-refractivity contribution in [2.45, 2.75) is 25.8 Å². The van der Waals surface area contributed by atoms with E-state index in [-0.39, 0.29) is 25.0 Å². The van der Waals surface area contributed by atoms with Crippen LogP contribution in [-0.2, 0) is 11.3 Å². The first-order valence-corrected chi connectivity index (χ1v) is 9.62. The Labute approximate surface area is 153 Å². The summed E-state index contributed by atoms with van der Waals surface area (Å²) in [4.78, 5) is 18.7. The van der Waals surface area contributed by atoms with Crippen molar-refractivity contribution in [3.05, 3.63) is 24.3 Å². The summed E-state index contributed by atoms with van der Waals surface area (Å²) in [6.45, 7) is 5.06. The monoisotopic (exact) mass is 357 g/mol. The van der Waals surface area contributed by atoms with Gasteiger partial charge in [-0.2, -0.15) is 15.0 Å². The van der Waals surface area contributed by atoms with E-state index in [4.69, 9.17) is 0 Å². The average Bonchev–Trinajstić information content (AvgIpc) is 3.30. The Morgan fingerprint density at radius 1 is 1.08 bits per heavy atom. The largest absolute Gasteiger partial charge is 0.396 e. The van der Waals surface area contributed by atoms with Gasteiger partial charge in [-0.15, -0.1) is 0 Å². The van der Waals surface area contributed by atoms with Crippen molar-refractivity contribution >= 4 is 16.9 Å². The number of aromatic nitrogens is 3. The van der Waals surface area contributed by atoms with Gasteiger partial charge in [0.25, 0.3) is 0 Å². The molecule has 2 fully saturated rings. The minimum Gasteiger partial charge on any atom is -0.396 e. The Morgan fingerprint density at radius 3 is 2.38 bits per heavy atom. The fourth-order valence-corrected chi connectivity index (χ4v) is 4.31. The number of likely N-dealkylation sites (tertiary alicyclic amines) is 2. The summed E-state index contributed by atoms with van der Waals surface area (Å²) in [5, 5.41) is 18.5. The minimum absolute atomic E-state index is 0.0369. The van der Waals surface area contributed by atoms with Gasteiger partial charge in [-0.3, -0.25) is 4.79 Å². The van der Waals surface area contributed by atoms with E-state index in [9.17, 15) is 9.90 Å². The van der Waals surface area contributed by atoms with Crippen LogP contribution >= 0.6 is 0 Å². The third-order valence-corrected chi connectivity index (χ3v) is 5.55. The SMILES string of the molecule is O=C(Cn1nc2ccccc2n1)N1C[C@H](CO)C[C@H](CN2CCCC2)C1. The molecule has 2 atom stereocenters. The zero-order valence-corrected chi connectivity index (χ0v) is 15.1. The van der Waals surface area contributed by atoms with Crippen LogP contribution in [0.25, 0.3) is 11.0 Å². The molecule has 2 saturated heterocycles. The van der Waals surface area contributed by atoms with E-state index in [0.29, 0.717) is 12.5 Å². The number of piperidine rings is 1. The number of carbonyl (C=O) groups excluding carboxylic acids is 1. The lowest BCUT2D eigenvalue weighted by Gasteiger charge is -2.38. The van der Waals surface area contributed by atoms with E-state index in [1.54, 1.807) is 0 Å². The van der Waals surface area contributed by atoms with Crippen LogP contribution in [0.2, 0.25) is 0 Å². The Balaban J connectivity index is 1.41. The van der Waals surface area contributed by atoms with E-state index in [2.05, 4.69) is 15.1 Å². The number of rotatable bonds is 5. The summed E-state index contributed by atoms with van der Waals surface area (Å²) in [5.41, 5.74) is 1.61. The molecule has 3 heterocycles. The molecule has 0 unspecified atom stereocenters. The fourth-order valence-electron chi connectivity index (χ4n) is 4.31. The molecule has 0 aliphatic carbocycles. The highest BCUT2D eigenvalue weighted by molar-refractivity contribution is 5.77. The van der Waals surface area contributed by atoms with E-state index in [1.807, 2.05) is 29.2 Å². The second-order valence-electron chi connectivity index (χ2n) is 7.68. The number of benzene rings is 1. The first kappa shape index (κ1) is 17.4. The number of nitrogens with zero attached hydrogens (tertiary/aromatic N) is 5. The first-order valence-electron chi connectivity index (χ1n) is 9.62. The molecule has 0 spiro atoms. The minimum atomic E-state index is 0.0369. The van der Waals surface area contributed by atoms with E-state index >= 15 is 0 Å². The first-order chi connectivity index (χ1) is 12.7. The number of hydrogen-bond donors (Lipinski definition) is 1. The van der Waals surface area contributed by atoms with Gasteiger partial charge >= 0.3 is 0 Å². The molecule has 0 saturated carbocycles. The third-order valence-electron chi connectivity index (χ3n) is 5.55. The van der Waals surface area contributed by atoms with Crippen molar-refractivity contribution in [1.82, 2.24) is 24.8 Å². The molecule has 1 N–H and O–H groups in total. The van der Waals surface area contributed by atoms with Gasteiger partial charge in [0.05, 0.1) is 0 Å². The highest BCUT2D eigenvalue weighted by atomic mass is 16.3. The van der Waals surface area contributed by atoms with E-state index in [0.717, 1.165) is 43.6 Å². The molecule has 4 rings (SSSR count). The van der Waals surface area contributed by atoms with Crippen LogP contribution in [0.5, 0.6) is 0 Å². The van der Waals surface area contributed by atoms with Crippen molar-refractivity contribution < 1.29 is 9.90 Å². The quantitative estimate of drug-likeness (QED) is 0.864. The van der Waals surface area contributed by atoms with Gasteiger partial charge in [0.1, 0.15) is 17.6 Å². The summed E-state index contributed by atoms with van der Waals surface area (Å²) in [5.74, 6) is 0.646. The van der Waals surface area contributed by atoms with Crippen molar-refractivity contribution in [3.8, 4) is 0 Å². The zero-order valence-electron chi connectivity index (χ0n) is 15.1. The van der Waals surface area contributed by atoms with E-state index < -0.39 is 0 Å². The Hall–Kier alpha value is -1.99. The Bertz CT molecular complexity index is 722. The molecule has 2 aliphatic rings. The van der Waals surface area contributed by atoms with Crippen molar-refractivity contribution in [3.63, 3.8) is 0 Å². The summed E-state index contributed by atoms with van der Waals surface area (Å²) in [6.07, 6.45) is 3.55. The maximum atomic E-state index is 12.8. The van der Waals surface area contributed by atoms with Crippen LogP contribution in [0.4, 0.5) is 0 Å². The van der Waals surface area contributed by atoms with Gasteiger partial charge < -0.3 is 14.9 Å². The second-order valence-corrected chi connectivity index (χ2v) is 7.68. The molecule has 7 heteroatoms. The summed E-state index contributed by atoms with van der Waals surface area (Å²) >= 11 is 0. The predicted molar refractivity (Wildman–Crippen MR) is 98.5 cm³/mol. The molecule has 2 aromatic rings. The number of fused-ring (bicyclic) bond motifs is 1. The van der Waals surface area contributed by atoms with E-state index in [1.165, 1.54) is 17.6 Å². The maximum absolute atomic E-state index is 12.8. The average molecular weight is 357 g/mol. The normalized spacial score (nSPS) is 24.4. The van der Waals surface area contributed by atoms with Crippen LogP contribution < -0.4 is 0 Å². The Kier molecular flexibility index (Phi) is 5.17. The van der Waals surface area contributed by atoms with Gasteiger partial charge in [0, 0.05) is 26.2 Å². The molecule has 1 aromatic carbocycles. The van der Waals surface area contributed by atoms with Gasteiger partial charge in [0.15, 0.2) is 0 Å². The molecule has 7 nitrogen and oxygen atoms in total. The maximum Gasteiger partial charge on any atom is 0.246 e.